The summed E-state index contributed by atoms with van der Waals surface area (Å²) in [5, 5.41) is 0. The molecule has 0 unspecified atom stereocenters. The lowest BCUT2D eigenvalue weighted by Gasteiger charge is -2.17. The van der Waals surface area contributed by atoms with Crippen molar-refractivity contribution in [2.75, 3.05) is 0 Å². The third-order valence-corrected chi connectivity index (χ3v) is 2.16. The van der Waals surface area contributed by atoms with Gasteiger partial charge >= 0.3 is 7.12 Å². The molecule has 0 atom stereocenters. The molecule has 0 rings (SSSR count). The highest BCUT2D eigenvalue weighted by Gasteiger charge is 2.18. The highest BCUT2D eigenvalue weighted by atomic mass is 16.6. The first-order valence-electron chi connectivity index (χ1n) is 6.43. The summed E-state index contributed by atoms with van der Waals surface area (Å²) < 4.78 is 11.4. The summed E-state index contributed by atoms with van der Waals surface area (Å²) in [5.74, 6) is 2.11. The predicted molar refractivity (Wildman–Crippen MR) is 71.5 cm³/mol. The highest BCUT2D eigenvalue weighted by molar-refractivity contribution is 6.51. The van der Waals surface area contributed by atoms with Crippen LogP contribution in [0.3, 0.4) is 0 Å². The average Bonchev–Trinajstić information content (AvgIpc) is 2.12. The summed E-state index contributed by atoms with van der Waals surface area (Å²) in [6.45, 7) is 12.5. The lowest BCUT2D eigenvalue weighted by molar-refractivity contribution is 0.138. The first-order valence-corrected chi connectivity index (χ1v) is 6.43. The van der Waals surface area contributed by atoms with Crippen LogP contribution in [0.4, 0.5) is 0 Å². The Morgan fingerprint density at radius 2 is 1.62 bits per heavy atom. The molecule has 0 heterocycles. The number of rotatable bonds is 8. The van der Waals surface area contributed by atoms with E-state index in [-0.39, 0.29) is 19.3 Å². The van der Waals surface area contributed by atoms with Gasteiger partial charge in [-0.05, 0) is 47.5 Å². The minimum absolute atomic E-state index is 0.193. The van der Waals surface area contributed by atoms with Crippen molar-refractivity contribution in [1.82, 2.24) is 0 Å². The maximum Gasteiger partial charge on any atom is 0.486 e. The third kappa shape index (κ3) is 8.99. The van der Waals surface area contributed by atoms with E-state index in [2.05, 4.69) is 19.8 Å². The van der Waals surface area contributed by atoms with E-state index in [4.69, 9.17) is 9.31 Å². The maximum absolute atomic E-state index is 5.71. The van der Waals surface area contributed by atoms with Gasteiger partial charge < -0.3 is 9.31 Å². The van der Waals surface area contributed by atoms with Crippen molar-refractivity contribution < 1.29 is 9.31 Å². The fraction of sp³-hybridized carbons (Fsp3) is 0.846. The largest absolute Gasteiger partial charge is 0.486 e. The van der Waals surface area contributed by atoms with Gasteiger partial charge in [-0.2, -0.15) is 0 Å². The molecule has 0 aliphatic heterocycles. The van der Waals surface area contributed by atoms with Gasteiger partial charge in [0.05, 0.1) is 0 Å². The highest BCUT2D eigenvalue weighted by Crippen LogP contribution is 2.10. The molecule has 3 heteroatoms. The Labute approximate surface area is 102 Å². The minimum Gasteiger partial charge on any atom is -0.405 e. The fourth-order valence-corrected chi connectivity index (χ4v) is 1.42. The number of unbranched alkanes of at least 4 members (excludes halogenated alkanes) is 1. The summed E-state index contributed by atoms with van der Waals surface area (Å²) >= 11 is 0. The van der Waals surface area contributed by atoms with Crippen LogP contribution >= 0.6 is 0 Å². The topological polar surface area (TPSA) is 18.5 Å². The maximum atomic E-state index is 5.71. The zero-order chi connectivity index (χ0) is 12.6. The molecule has 0 aromatic rings. The Bertz CT molecular complexity index is 190. The van der Waals surface area contributed by atoms with E-state index in [0.29, 0.717) is 0 Å². The van der Waals surface area contributed by atoms with Gasteiger partial charge in [0.1, 0.15) is 0 Å². The van der Waals surface area contributed by atoms with Crippen molar-refractivity contribution in [3.63, 3.8) is 0 Å². The van der Waals surface area contributed by atoms with Crippen LogP contribution < -0.4 is 0 Å². The first kappa shape index (κ1) is 15.7. The summed E-state index contributed by atoms with van der Waals surface area (Å²) in [7, 11) is -0.197. The van der Waals surface area contributed by atoms with Crippen molar-refractivity contribution >= 4 is 7.12 Å². The predicted octanol–water partition coefficient (Wildman–Crippen LogP) is 4.00. The van der Waals surface area contributed by atoms with Crippen molar-refractivity contribution in [2.24, 2.45) is 0 Å². The van der Waals surface area contributed by atoms with Crippen LogP contribution in [-0.2, 0) is 9.31 Å². The molecule has 0 bridgehead atoms. The molecule has 0 aliphatic rings. The van der Waals surface area contributed by atoms with Gasteiger partial charge in [0.2, 0.25) is 0 Å². The van der Waals surface area contributed by atoms with E-state index in [9.17, 15) is 0 Å². The summed E-state index contributed by atoms with van der Waals surface area (Å²) in [4.78, 5) is 0. The number of hydrogen-bond donors (Lipinski definition) is 0. The first-order chi connectivity index (χ1) is 7.45. The number of hydrogen-bond acceptors (Lipinski definition) is 2. The molecular formula is C13H27BO2. The Morgan fingerprint density at radius 3 is 2.00 bits per heavy atom. The van der Waals surface area contributed by atoms with E-state index in [1.807, 2.05) is 27.7 Å². The summed E-state index contributed by atoms with van der Waals surface area (Å²) in [6, 6.07) is 0. The second-order valence-corrected chi connectivity index (χ2v) is 4.85. The van der Waals surface area contributed by atoms with Gasteiger partial charge in [-0.25, -0.2) is 0 Å². The molecule has 0 N–H and O–H groups in total. The van der Waals surface area contributed by atoms with Gasteiger partial charge in [0.25, 0.3) is 0 Å². The lowest BCUT2D eigenvalue weighted by Crippen LogP contribution is -2.28. The molecule has 0 aromatic carbocycles. The molecule has 16 heavy (non-hydrogen) atoms. The van der Waals surface area contributed by atoms with Crippen molar-refractivity contribution in [3.05, 3.63) is 11.5 Å². The van der Waals surface area contributed by atoms with E-state index in [1.54, 1.807) is 0 Å². The van der Waals surface area contributed by atoms with Gasteiger partial charge in [-0.3, -0.25) is 0 Å². The summed E-state index contributed by atoms with van der Waals surface area (Å²) in [5.41, 5.74) is 1.35. The SMILES string of the molecule is CCCC/C(C)=C\B(OC(C)C)OC(C)C. The fourth-order valence-electron chi connectivity index (χ4n) is 1.42. The van der Waals surface area contributed by atoms with Crippen molar-refractivity contribution in [1.29, 1.82) is 0 Å². The van der Waals surface area contributed by atoms with Crippen LogP contribution in [0.2, 0.25) is 0 Å². The molecule has 0 saturated heterocycles. The van der Waals surface area contributed by atoms with Gasteiger partial charge in [-0.15, -0.1) is 0 Å². The van der Waals surface area contributed by atoms with Crippen LogP contribution in [0.15, 0.2) is 11.5 Å². The Kier molecular flexibility index (Phi) is 8.68. The average molecular weight is 226 g/mol. The second-order valence-electron chi connectivity index (χ2n) is 4.85. The molecule has 0 fully saturated rings. The van der Waals surface area contributed by atoms with Gasteiger partial charge in [0, 0.05) is 12.2 Å². The monoisotopic (exact) mass is 226 g/mol. The molecular weight excluding hydrogens is 199 g/mol. The van der Waals surface area contributed by atoms with Crippen LogP contribution in [-0.4, -0.2) is 19.3 Å². The third-order valence-electron chi connectivity index (χ3n) is 2.16. The van der Waals surface area contributed by atoms with E-state index < -0.39 is 0 Å². The van der Waals surface area contributed by atoms with Gasteiger partial charge in [-0.1, -0.05) is 24.9 Å². The molecule has 0 spiro atoms. The van der Waals surface area contributed by atoms with E-state index in [1.165, 1.54) is 18.4 Å². The van der Waals surface area contributed by atoms with Crippen LogP contribution in [0.25, 0.3) is 0 Å². The number of allylic oxidation sites excluding steroid dienone is 1. The van der Waals surface area contributed by atoms with Crippen molar-refractivity contribution in [3.8, 4) is 0 Å². The van der Waals surface area contributed by atoms with Crippen LogP contribution in [0.1, 0.15) is 60.8 Å². The van der Waals surface area contributed by atoms with Crippen molar-refractivity contribution in [2.45, 2.75) is 73.0 Å². The van der Waals surface area contributed by atoms with Crippen LogP contribution in [0.5, 0.6) is 0 Å². The zero-order valence-corrected chi connectivity index (χ0v) is 11.7. The molecule has 0 saturated carbocycles. The molecule has 0 amide bonds. The lowest BCUT2D eigenvalue weighted by atomic mass is 9.85. The quantitative estimate of drug-likeness (QED) is 0.582. The Morgan fingerprint density at radius 1 is 1.12 bits per heavy atom. The molecule has 0 radical (unpaired) electrons. The smallest absolute Gasteiger partial charge is 0.405 e. The molecule has 0 aliphatic carbocycles. The molecule has 94 valence electrons. The molecule has 2 nitrogen and oxygen atoms in total. The molecule has 0 aromatic heterocycles. The standard InChI is InChI=1S/C13H27BO2/c1-7-8-9-13(6)10-14(15-11(2)3)16-12(4)5/h10-12H,7-9H2,1-6H3/b13-10-. The second kappa shape index (κ2) is 8.83. The van der Waals surface area contributed by atoms with Gasteiger partial charge in [0.15, 0.2) is 0 Å². The van der Waals surface area contributed by atoms with E-state index >= 15 is 0 Å². The van der Waals surface area contributed by atoms with Crippen LogP contribution in [0, 0.1) is 0 Å². The Balaban J connectivity index is 4.26. The minimum atomic E-state index is -0.197. The summed E-state index contributed by atoms with van der Waals surface area (Å²) in [6.07, 6.45) is 3.98. The Hall–Kier alpha value is -0.275. The normalized spacial score (nSPS) is 12.6. The zero-order valence-electron chi connectivity index (χ0n) is 11.7. The van der Waals surface area contributed by atoms with E-state index in [0.717, 1.165) is 6.42 Å².